The standard InChI is InChI=1S/C9H12N2O/c1-2-11-6-4-9(7-11)3-5-10-8-12/h9H,2,4,6-7H2,1H3. The van der Waals surface area contributed by atoms with Gasteiger partial charge in [0.15, 0.2) is 0 Å². The zero-order valence-corrected chi connectivity index (χ0v) is 7.21. The maximum absolute atomic E-state index is 9.69. The highest BCUT2D eigenvalue weighted by Gasteiger charge is 2.18. The van der Waals surface area contributed by atoms with Crippen LogP contribution >= 0.6 is 0 Å². The number of hydrogen-bond acceptors (Lipinski definition) is 3. The van der Waals surface area contributed by atoms with Crippen molar-refractivity contribution in [3.8, 4) is 12.0 Å². The van der Waals surface area contributed by atoms with Gasteiger partial charge in [-0.2, -0.15) is 0 Å². The van der Waals surface area contributed by atoms with E-state index in [1.54, 1.807) is 0 Å². The summed E-state index contributed by atoms with van der Waals surface area (Å²) in [6, 6.07) is 2.45. The molecule has 0 aromatic carbocycles. The van der Waals surface area contributed by atoms with Crippen molar-refractivity contribution in [2.45, 2.75) is 13.3 Å². The molecule has 0 amide bonds. The highest BCUT2D eigenvalue weighted by Crippen LogP contribution is 2.13. The molecule has 0 aromatic heterocycles. The summed E-state index contributed by atoms with van der Waals surface area (Å²) in [7, 11) is 0. The van der Waals surface area contributed by atoms with E-state index in [1.807, 2.05) is 0 Å². The van der Waals surface area contributed by atoms with E-state index in [9.17, 15) is 4.79 Å². The van der Waals surface area contributed by atoms with Gasteiger partial charge < -0.3 is 4.90 Å². The average molecular weight is 164 g/mol. The minimum absolute atomic E-state index is 0.391. The second kappa shape index (κ2) is 4.71. The lowest BCUT2D eigenvalue weighted by Crippen LogP contribution is -2.19. The lowest BCUT2D eigenvalue weighted by Gasteiger charge is -2.09. The Labute approximate surface area is 72.5 Å². The van der Waals surface area contributed by atoms with Crippen molar-refractivity contribution < 1.29 is 4.79 Å². The van der Waals surface area contributed by atoms with Gasteiger partial charge in [-0.15, -0.1) is 4.99 Å². The SMILES string of the molecule is CCN1CCC(C#CN=C=O)C1. The Balaban J connectivity index is 2.38. The molecule has 0 N–H and O–H groups in total. The number of aliphatic imine (C=N–C) groups is 1. The molecule has 1 aliphatic heterocycles. The lowest BCUT2D eigenvalue weighted by atomic mass is 10.1. The van der Waals surface area contributed by atoms with Crippen LogP contribution in [0.2, 0.25) is 0 Å². The Kier molecular flexibility index (Phi) is 3.53. The van der Waals surface area contributed by atoms with Gasteiger partial charge in [0.05, 0.1) is 0 Å². The van der Waals surface area contributed by atoms with Crippen LogP contribution in [0.5, 0.6) is 0 Å². The molecule has 0 aliphatic carbocycles. The van der Waals surface area contributed by atoms with Gasteiger partial charge in [-0.3, -0.25) is 0 Å². The summed E-state index contributed by atoms with van der Waals surface area (Å²) in [6.45, 7) is 5.34. The maximum atomic E-state index is 9.69. The smallest absolute Gasteiger partial charge is 0.249 e. The van der Waals surface area contributed by atoms with Crippen LogP contribution in [-0.4, -0.2) is 30.6 Å². The largest absolute Gasteiger partial charge is 0.302 e. The zero-order chi connectivity index (χ0) is 8.81. The first-order valence-electron chi connectivity index (χ1n) is 4.16. The average Bonchev–Trinajstić information content (AvgIpc) is 2.53. The summed E-state index contributed by atoms with van der Waals surface area (Å²) < 4.78 is 0. The number of hydrogen-bond donors (Lipinski definition) is 0. The second-order valence-electron chi connectivity index (χ2n) is 2.84. The molecule has 0 radical (unpaired) electrons. The molecular weight excluding hydrogens is 152 g/mol. The number of rotatable bonds is 1. The molecule has 64 valence electrons. The molecule has 1 unspecified atom stereocenters. The highest BCUT2D eigenvalue weighted by molar-refractivity contribution is 5.36. The molecule has 0 spiro atoms. The Bertz CT molecular complexity index is 245. The van der Waals surface area contributed by atoms with Gasteiger partial charge in [0, 0.05) is 18.5 Å². The summed E-state index contributed by atoms with van der Waals surface area (Å²) >= 11 is 0. The summed E-state index contributed by atoms with van der Waals surface area (Å²) in [6.07, 6.45) is 2.50. The van der Waals surface area contributed by atoms with Gasteiger partial charge in [0.2, 0.25) is 6.08 Å². The molecule has 1 heterocycles. The molecule has 1 rings (SSSR count). The third kappa shape index (κ3) is 2.50. The van der Waals surface area contributed by atoms with E-state index in [2.05, 4.69) is 28.8 Å². The first-order valence-corrected chi connectivity index (χ1v) is 4.16. The predicted molar refractivity (Wildman–Crippen MR) is 46.1 cm³/mol. The Morgan fingerprint density at radius 1 is 1.67 bits per heavy atom. The van der Waals surface area contributed by atoms with Gasteiger partial charge in [-0.05, 0) is 19.5 Å². The van der Waals surface area contributed by atoms with Crippen LogP contribution in [0.3, 0.4) is 0 Å². The van der Waals surface area contributed by atoms with Gasteiger partial charge >= 0.3 is 0 Å². The van der Waals surface area contributed by atoms with Crippen molar-refractivity contribution in [3.63, 3.8) is 0 Å². The maximum Gasteiger partial charge on any atom is 0.249 e. The normalized spacial score (nSPS) is 22.6. The fourth-order valence-corrected chi connectivity index (χ4v) is 1.38. The van der Waals surface area contributed by atoms with E-state index in [-0.39, 0.29) is 0 Å². The van der Waals surface area contributed by atoms with Gasteiger partial charge in [0.25, 0.3) is 0 Å². The van der Waals surface area contributed by atoms with Gasteiger partial charge in [-0.1, -0.05) is 12.8 Å². The van der Waals surface area contributed by atoms with E-state index in [0.717, 1.165) is 26.1 Å². The van der Waals surface area contributed by atoms with E-state index < -0.39 is 0 Å². The predicted octanol–water partition coefficient (Wildman–Crippen LogP) is 0.625. The molecule has 0 bridgehead atoms. The van der Waals surface area contributed by atoms with E-state index >= 15 is 0 Å². The zero-order valence-electron chi connectivity index (χ0n) is 7.21. The molecular formula is C9H12N2O. The van der Waals surface area contributed by atoms with Crippen molar-refractivity contribution in [3.05, 3.63) is 0 Å². The highest BCUT2D eigenvalue weighted by atomic mass is 16.1. The molecule has 1 atom stereocenters. The lowest BCUT2D eigenvalue weighted by molar-refractivity contribution is 0.352. The molecule has 1 fully saturated rings. The fourth-order valence-electron chi connectivity index (χ4n) is 1.38. The van der Waals surface area contributed by atoms with Crippen LogP contribution < -0.4 is 0 Å². The van der Waals surface area contributed by atoms with E-state index in [0.29, 0.717) is 5.92 Å². The number of nitrogens with zero attached hydrogens (tertiary/aromatic N) is 2. The van der Waals surface area contributed by atoms with E-state index in [4.69, 9.17) is 0 Å². The molecule has 3 heteroatoms. The van der Waals surface area contributed by atoms with Crippen LogP contribution in [0.15, 0.2) is 4.99 Å². The fraction of sp³-hybridized carbons (Fsp3) is 0.667. The third-order valence-electron chi connectivity index (χ3n) is 2.09. The minimum Gasteiger partial charge on any atom is -0.302 e. The van der Waals surface area contributed by atoms with Crippen molar-refractivity contribution in [2.24, 2.45) is 10.9 Å². The second-order valence-corrected chi connectivity index (χ2v) is 2.84. The van der Waals surface area contributed by atoms with Crippen LogP contribution in [-0.2, 0) is 4.79 Å². The Hall–Kier alpha value is -1.10. The minimum atomic E-state index is 0.391. The first-order chi connectivity index (χ1) is 5.86. The van der Waals surface area contributed by atoms with Crippen LogP contribution in [0.4, 0.5) is 0 Å². The van der Waals surface area contributed by atoms with Crippen molar-refractivity contribution in [2.75, 3.05) is 19.6 Å². The van der Waals surface area contributed by atoms with Crippen molar-refractivity contribution >= 4 is 6.08 Å². The monoisotopic (exact) mass is 164 g/mol. The summed E-state index contributed by atoms with van der Waals surface area (Å²) in [5, 5.41) is 0. The van der Waals surface area contributed by atoms with Crippen molar-refractivity contribution in [1.29, 1.82) is 0 Å². The third-order valence-corrected chi connectivity index (χ3v) is 2.09. The van der Waals surface area contributed by atoms with Crippen LogP contribution in [0.1, 0.15) is 13.3 Å². The van der Waals surface area contributed by atoms with Crippen molar-refractivity contribution in [1.82, 2.24) is 4.90 Å². The number of isocyanates is 1. The Morgan fingerprint density at radius 2 is 2.50 bits per heavy atom. The topological polar surface area (TPSA) is 32.7 Å². The summed E-state index contributed by atoms with van der Waals surface area (Å²) in [4.78, 5) is 15.2. The van der Waals surface area contributed by atoms with Gasteiger partial charge in [-0.25, -0.2) is 4.79 Å². The summed E-state index contributed by atoms with van der Waals surface area (Å²) in [5.41, 5.74) is 0. The van der Waals surface area contributed by atoms with Crippen LogP contribution in [0, 0.1) is 17.9 Å². The Morgan fingerprint density at radius 3 is 3.08 bits per heavy atom. The molecule has 3 nitrogen and oxygen atoms in total. The molecule has 0 aromatic rings. The summed E-state index contributed by atoms with van der Waals surface area (Å²) in [5.74, 6) is 3.32. The molecule has 12 heavy (non-hydrogen) atoms. The van der Waals surface area contributed by atoms with Crippen LogP contribution in [0.25, 0.3) is 0 Å². The van der Waals surface area contributed by atoms with E-state index in [1.165, 1.54) is 6.08 Å². The molecule has 0 saturated carbocycles. The van der Waals surface area contributed by atoms with Gasteiger partial charge in [0.1, 0.15) is 0 Å². The molecule has 1 aliphatic rings. The quantitative estimate of drug-likeness (QED) is 0.323. The molecule has 1 saturated heterocycles. The number of carbonyl (C=O) groups excluding carboxylic acids is 1. The number of likely N-dealkylation sites (tertiary alicyclic amines) is 1. The first kappa shape index (κ1) is 8.99.